The van der Waals surface area contributed by atoms with Crippen molar-refractivity contribution in [1.29, 1.82) is 0 Å². The van der Waals surface area contributed by atoms with Crippen LogP contribution in [0.1, 0.15) is 16.1 Å². The van der Waals surface area contributed by atoms with Gasteiger partial charge in [0, 0.05) is 22.2 Å². The van der Waals surface area contributed by atoms with E-state index in [2.05, 4.69) is 20.5 Å². The number of carbonyl (C=O) groups excluding carboxylic acids is 1. The molecule has 0 radical (unpaired) electrons. The minimum Gasteiger partial charge on any atom is -0.497 e. The Morgan fingerprint density at radius 3 is 2.54 bits per heavy atom. The van der Waals surface area contributed by atoms with E-state index < -0.39 is 5.91 Å². The first-order valence-electron chi connectivity index (χ1n) is 8.23. The highest BCUT2D eigenvalue weighted by Crippen LogP contribution is 2.22. The van der Waals surface area contributed by atoms with E-state index >= 15 is 0 Å². The highest BCUT2D eigenvalue weighted by molar-refractivity contribution is 6.30. The molecule has 8 heteroatoms. The predicted molar refractivity (Wildman–Crippen MR) is 107 cm³/mol. The van der Waals surface area contributed by atoms with E-state index in [1.54, 1.807) is 56.8 Å². The number of carbonyl (C=O) groups is 1. The molecular formula is C20H17ClN4O3. The van der Waals surface area contributed by atoms with Gasteiger partial charge in [0.15, 0.2) is 0 Å². The molecule has 3 aromatic rings. The van der Waals surface area contributed by atoms with E-state index in [1.165, 1.54) is 12.4 Å². The van der Waals surface area contributed by atoms with Gasteiger partial charge in [0.25, 0.3) is 5.91 Å². The Bertz CT molecular complexity index is 1000. The lowest BCUT2D eigenvalue weighted by Crippen LogP contribution is -2.19. The molecule has 0 spiro atoms. The van der Waals surface area contributed by atoms with Gasteiger partial charge in [-0.15, -0.1) is 0 Å². The molecule has 7 nitrogen and oxygen atoms in total. The molecule has 0 saturated heterocycles. The Morgan fingerprint density at radius 2 is 1.86 bits per heavy atom. The first kappa shape index (κ1) is 19.3. The molecule has 0 aliphatic heterocycles. The van der Waals surface area contributed by atoms with Crippen molar-refractivity contribution >= 4 is 23.7 Å². The lowest BCUT2D eigenvalue weighted by Gasteiger charge is -2.06. The Labute approximate surface area is 167 Å². The summed E-state index contributed by atoms with van der Waals surface area (Å²) in [4.78, 5) is 20.7. The van der Waals surface area contributed by atoms with Crippen LogP contribution in [0.25, 0.3) is 11.3 Å². The minimum atomic E-state index is -0.484. The number of benzene rings is 2. The van der Waals surface area contributed by atoms with Crippen molar-refractivity contribution in [3.63, 3.8) is 0 Å². The maximum absolute atomic E-state index is 12.3. The molecule has 2 aromatic carbocycles. The maximum Gasteiger partial charge on any atom is 0.291 e. The van der Waals surface area contributed by atoms with Crippen molar-refractivity contribution in [3.8, 4) is 22.8 Å². The molecule has 0 unspecified atom stereocenters. The Morgan fingerprint density at radius 1 is 1.11 bits per heavy atom. The summed E-state index contributed by atoms with van der Waals surface area (Å²) in [6.45, 7) is 0. The number of nitrogens with zero attached hydrogens (tertiary/aromatic N) is 3. The molecule has 1 heterocycles. The van der Waals surface area contributed by atoms with Gasteiger partial charge in [-0.25, -0.2) is 10.4 Å². The molecular weight excluding hydrogens is 380 g/mol. The van der Waals surface area contributed by atoms with E-state index in [1.807, 2.05) is 6.07 Å². The number of methoxy groups -OCH3 is 2. The Hall–Kier alpha value is -3.45. The molecule has 0 saturated carbocycles. The molecule has 1 N–H and O–H groups in total. The van der Waals surface area contributed by atoms with E-state index in [0.717, 1.165) is 5.56 Å². The van der Waals surface area contributed by atoms with E-state index in [9.17, 15) is 4.79 Å². The molecule has 0 bridgehead atoms. The number of amides is 1. The molecule has 0 fully saturated rings. The zero-order valence-corrected chi connectivity index (χ0v) is 16.0. The van der Waals surface area contributed by atoms with Crippen molar-refractivity contribution in [2.24, 2.45) is 5.10 Å². The number of aromatic nitrogens is 2. The fourth-order valence-corrected chi connectivity index (χ4v) is 2.58. The Kier molecular flexibility index (Phi) is 6.18. The van der Waals surface area contributed by atoms with Crippen molar-refractivity contribution in [2.45, 2.75) is 0 Å². The second-order valence-corrected chi connectivity index (χ2v) is 6.08. The van der Waals surface area contributed by atoms with Gasteiger partial charge in [-0.3, -0.25) is 9.78 Å². The molecule has 0 atom stereocenters. The van der Waals surface area contributed by atoms with Crippen LogP contribution in [0.2, 0.25) is 5.02 Å². The summed E-state index contributed by atoms with van der Waals surface area (Å²) in [5, 5.41) is 4.54. The average Bonchev–Trinajstić information content (AvgIpc) is 2.73. The summed E-state index contributed by atoms with van der Waals surface area (Å²) in [7, 11) is 3.12. The fourth-order valence-electron chi connectivity index (χ4n) is 2.39. The third-order valence-electron chi connectivity index (χ3n) is 3.74. The lowest BCUT2D eigenvalue weighted by molar-refractivity contribution is 0.0950. The van der Waals surface area contributed by atoms with Gasteiger partial charge < -0.3 is 9.47 Å². The van der Waals surface area contributed by atoms with Crippen LogP contribution in [0.15, 0.2) is 60.0 Å². The smallest absolute Gasteiger partial charge is 0.291 e. The maximum atomic E-state index is 12.3. The SMILES string of the molecule is COc1cc(C=NNC(=O)c2cncc(-c3cccc(Cl)c3)n2)cc(OC)c1. The Balaban J connectivity index is 1.73. The standard InChI is InChI=1S/C20H17ClN4O3/c1-27-16-6-13(7-17(9-16)28-2)10-23-25-20(26)19-12-22-11-18(24-19)14-4-3-5-15(21)8-14/h3-12H,1-2H3,(H,25,26). The summed E-state index contributed by atoms with van der Waals surface area (Å²) in [5.74, 6) is 0.752. The van der Waals surface area contributed by atoms with E-state index in [-0.39, 0.29) is 5.69 Å². The van der Waals surface area contributed by atoms with E-state index in [4.69, 9.17) is 21.1 Å². The summed E-state index contributed by atoms with van der Waals surface area (Å²) in [6, 6.07) is 12.4. The first-order chi connectivity index (χ1) is 13.6. The zero-order chi connectivity index (χ0) is 19.9. The van der Waals surface area contributed by atoms with Gasteiger partial charge >= 0.3 is 0 Å². The van der Waals surface area contributed by atoms with Crippen LogP contribution in [-0.2, 0) is 0 Å². The molecule has 1 amide bonds. The van der Waals surface area contributed by atoms with Crippen molar-refractivity contribution in [1.82, 2.24) is 15.4 Å². The average molecular weight is 397 g/mol. The number of rotatable bonds is 6. The van der Waals surface area contributed by atoms with Crippen molar-refractivity contribution in [3.05, 3.63) is 71.1 Å². The van der Waals surface area contributed by atoms with Crippen LogP contribution in [0.4, 0.5) is 0 Å². The van der Waals surface area contributed by atoms with Crippen LogP contribution in [-0.4, -0.2) is 36.3 Å². The molecule has 142 valence electrons. The van der Waals surface area contributed by atoms with Gasteiger partial charge in [-0.2, -0.15) is 5.10 Å². The molecule has 0 aliphatic rings. The quantitative estimate of drug-likeness (QED) is 0.508. The highest BCUT2D eigenvalue weighted by Gasteiger charge is 2.09. The summed E-state index contributed by atoms with van der Waals surface area (Å²) < 4.78 is 10.4. The van der Waals surface area contributed by atoms with Crippen LogP contribution in [0.5, 0.6) is 11.5 Å². The number of hydrogen-bond acceptors (Lipinski definition) is 6. The normalized spacial score (nSPS) is 10.7. The van der Waals surface area contributed by atoms with Gasteiger partial charge in [-0.1, -0.05) is 23.7 Å². The largest absolute Gasteiger partial charge is 0.497 e. The summed E-state index contributed by atoms with van der Waals surface area (Å²) in [6.07, 6.45) is 4.42. The number of nitrogens with one attached hydrogen (secondary N) is 1. The van der Waals surface area contributed by atoms with Gasteiger partial charge in [0.2, 0.25) is 0 Å². The van der Waals surface area contributed by atoms with Gasteiger partial charge in [-0.05, 0) is 24.3 Å². The third kappa shape index (κ3) is 4.83. The first-order valence-corrected chi connectivity index (χ1v) is 8.61. The number of halogens is 1. The minimum absolute atomic E-state index is 0.137. The highest BCUT2D eigenvalue weighted by atomic mass is 35.5. The van der Waals surface area contributed by atoms with Gasteiger partial charge in [0.05, 0.1) is 38.5 Å². The molecule has 3 rings (SSSR count). The monoisotopic (exact) mass is 396 g/mol. The van der Waals surface area contributed by atoms with Crippen LogP contribution in [0.3, 0.4) is 0 Å². The summed E-state index contributed by atoms with van der Waals surface area (Å²) in [5.41, 5.74) is 4.58. The zero-order valence-electron chi connectivity index (χ0n) is 15.2. The molecule has 0 aliphatic carbocycles. The number of hydrazone groups is 1. The summed E-state index contributed by atoms with van der Waals surface area (Å²) >= 11 is 6.00. The number of ether oxygens (including phenoxy) is 2. The van der Waals surface area contributed by atoms with Crippen LogP contribution < -0.4 is 14.9 Å². The van der Waals surface area contributed by atoms with E-state index in [0.29, 0.717) is 27.8 Å². The third-order valence-corrected chi connectivity index (χ3v) is 3.98. The van der Waals surface area contributed by atoms with Crippen LogP contribution in [0, 0.1) is 0 Å². The van der Waals surface area contributed by atoms with Crippen LogP contribution >= 0.6 is 11.6 Å². The molecule has 1 aromatic heterocycles. The van der Waals surface area contributed by atoms with Gasteiger partial charge in [0.1, 0.15) is 17.2 Å². The second kappa shape index (κ2) is 8.96. The second-order valence-electron chi connectivity index (χ2n) is 5.65. The number of hydrogen-bond donors (Lipinski definition) is 1. The molecule has 28 heavy (non-hydrogen) atoms. The van der Waals surface area contributed by atoms with Crippen molar-refractivity contribution < 1.29 is 14.3 Å². The fraction of sp³-hybridized carbons (Fsp3) is 0.100. The van der Waals surface area contributed by atoms with Crippen molar-refractivity contribution in [2.75, 3.05) is 14.2 Å². The predicted octanol–water partition coefficient (Wildman–Crippen LogP) is 3.58. The lowest BCUT2D eigenvalue weighted by atomic mass is 10.1. The topological polar surface area (TPSA) is 85.7 Å².